The third-order valence-electron chi connectivity index (χ3n) is 4.65. The van der Waals surface area contributed by atoms with Crippen molar-refractivity contribution in [1.82, 2.24) is 10.6 Å². The van der Waals surface area contributed by atoms with Crippen LogP contribution in [0.2, 0.25) is 0 Å². The van der Waals surface area contributed by atoms with Crippen molar-refractivity contribution in [3.8, 4) is 6.07 Å². The third-order valence-corrected chi connectivity index (χ3v) is 4.65. The zero-order chi connectivity index (χ0) is 17.2. The average molecular weight is 337 g/mol. The first kappa shape index (κ1) is 18.5. The Morgan fingerprint density at radius 3 is 2.62 bits per heavy atom. The number of carbonyl (C=O) groups is 2. The fourth-order valence-corrected chi connectivity index (χ4v) is 3.35. The quantitative estimate of drug-likeness (QED) is 0.691. The number of nitriles is 1. The first-order valence-corrected chi connectivity index (χ1v) is 8.89. The molecular formula is C17H27N3O4. The first-order valence-electron chi connectivity index (χ1n) is 8.89. The molecule has 1 aliphatic carbocycles. The van der Waals surface area contributed by atoms with Crippen molar-refractivity contribution >= 4 is 12.0 Å². The Bertz CT molecular complexity index is 451. The molecule has 1 saturated carbocycles. The summed E-state index contributed by atoms with van der Waals surface area (Å²) in [4.78, 5) is 24.2. The number of nitrogens with zero attached hydrogens (tertiary/aromatic N) is 1. The van der Waals surface area contributed by atoms with E-state index in [2.05, 4.69) is 10.6 Å². The molecule has 2 atom stereocenters. The maximum absolute atomic E-state index is 12.2. The van der Waals surface area contributed by atoms with E-state index in [-0.39, 0.29) is 12.6 Å². The predicted molar refractivity (Wildman–Crippen MR) is 87.1 cm³/mol. The minimum absolute atomic E-state index is 0.0294. The van der Waals surface area contributed by atoms with E-state index in [1.165, 1.54) is 6.42 Å². The molecule has 2 N–H and O–H groups in total. The van der Waals surface area contributed by atoms with Crippen LogP contribution in [-0.2, 0) is 14.3 Å². The van der Waals surface area contributed by atoms with Crippen molar-refractivity contribution in [2.75, 3.05) is 19.7 Å². The number of amides is 2. The minimum Gasteiger partial charge on any atom is -0.436 e. The molecule has 0 bridgehead atoms. The fraction of sp³-hybridized carbons (Fsp3) is 0.824. The van der Waals surface area contributed by atoms with E-state index in [0.29, 0.717) is 18.9 Å². The molecule has 2 amide bonds. The summed E-state index contributed by atoms with van der Waals surface area (Å²) in [6, 6.07) is 1.87. The lowest BCUT2D eigenvalue weighted by Gasteiger charge is -2.26. The summed E-state index contributed by atoms with van der Waals surface area (Å²) in [7, 11) is 0. The van der Waals surface area contributed by atoms with Gasteiger partial charge in [-0.2, -0.15) is 5.26 Å². The van der Waals surface area contributed by atoms with Crippen LogP contribution in [0.5, 0.6) is 0 Å². The molecule has 0 aromatic rings. The van der Waals surface area contributed by atoms with Crippen LogP contribution in [0, 0.1) is 17.2 Å². The van der Waals surface area contributed by atoms with Crippen LogP contribution in [-0.4, -0.2) is 43.9 Å². The highest BCUT2D eigenvalue weighted by molar-refractivity contribution is 5.83. The normalized spacial score (nSPS) is 22.4. The van der Waals surface area contributed by atoms with E-state index >= 15 is 0 Å². The summed E-state index contributed by atoms with van der Waals surface area (Å²) >= 11 is 0. The van der Waals surface area contributed by atoms with Crippen LogP contribution >= 0.6 is 0 Å². The Kier molecular flexibility index (Phi) is 7.83. The summed E-state index contributed by atoms with van der Waals surface area (Å²) in [5.41, 5.74) is 0. The number of hydrogen-bond donors (Lipinski definition) is 2. The Hall–Kier alpha value is -1.81. The maximum atomic E-state index is 12.2. The van der Waals surface area contributed by atoms with Crippen molar-refractivity contribution in [3.05, 3.63) is 0 Å². The monoisotopic (exact) mass is 337 g/mol. The van der Waals surface area contributed by atoms with Gasteiger partial charge in [0, 0.05) is 13.2 Å². The highest BCUT2D eigenvalue weighted by Crippen LogP contribution is 2.28. The van der Waals surface area contributed by atoms with Crippen molar-refractivity contribution < 1.29 is 19.1 Å². The van der Waals surface area contributed by atoms with E-state index in [9.17, 15) is 9.59 Å². The van der Waals surface area contributed by atoms with Crippen LogP contribution in [0.15, 0.2) is 0 Å². The maximum Gasteiger partial charge on any atom is 0.408 e. The smallest absolute Gasteiger partial charge is 0.408 e. The Morgan fingerprint density at radius 2 is 1.96 bits per heavy atom. The number of carbonyl (C=O) groups excluding carboxylic acids is 2. The second-order valence-corrected chi connectivity index (χ2v) is 6.53. The second kappa shape index (κ2) is 10.1. The van der Waals surface area contributed by atoms with Crippen LogP contribution in [0.25, 0.3) is 0 Å². The van der Waals surface area contributed by atoms with Gasteiger partial charge in [0.1, 0.15) is 6.54 Å². The molecule has 7 heteroatoms. The van der Waals surface area contributed by atoms with Gasteiger partial charge in [-0.05, 0) is 25.2 Å². The van der Waals surface area contributed by atoms with Crippen LogP contribution < -0.4 is 10.6 Å². The SMILES string of the molecule is N#CCNC(=O)[C@H](CC1CCCCC1)OC(=O)NCC1CCCO1. The van der Waals surface area contributed by atoms with Crippen LogP contribution in [0.4, 0.5) is 4.79 Å². The lowest BCUT2D eigenvalue weighted by molar-refractivity contribution is -0.130. The molecule has 0 aromatic carbocycles. The summed E-state index contributed by atoms with van der Waals surface area (Å²) < 4.78 is 10.8. The first-order chi connectivity index (χ1) is 11.7. The summed E-state index contributed by atoms with van der Waals surface area (Å²) in [5, 5.41) is 13.8. The molecule has 0 aromatic heterocycles. The number of ether oxygens (including phenoxy) is 2. The van der Waals surface area contributed by atoms with E-state index < -0.39 is 18.1 Å². The minimum atomic E-state index is -0.842. The molecule has 0 spiro atoms. The molecule has 1 heterocycles. The Balaban J connectivity index is 1.82. The van der Waals surface area contributed by atoms with E-state index in [0.717, 1.165) is 45.1 Å². The van der Waals surface area contributed by atoms with Gasteiger partial charge in [0.15, 0.2) is 6.10 Å². The molecule has 1 aliphatic heterocycles. The van der Waals surface area contributed by atoms with Crippen molar-refractivity contribution in [1.29, 1.82) is 5.26 Å². The van der Waals surface area contributed by atoms with Gasteiger partial charge in [-0.15, -0.1) is 0 Å². The van der Waals surface area contributed by atoms with Gasteiger partial charge in [-0.25, -0.2) is 4.79 Å². The van der Waals surface area contributed by atoms with E-state index in [4.69, 9.17) is 14.7 Å². The van der Waals surface area contributed by atoms with Crippen molar-refractivity contribution in [3.63, 3.8) is 0 Å². The number of rotatable bonds is 7. The van der Waals surface area contributed by atoms with Crippen molar-refractivity contribution in [2.45, 2.75) is 63.6 Å². The molecule has 1 saturated heterocycles. The molecule has 0 radical (unpaired) electrons. The second-order valence-electron chi connectivity index (χ2n) is 6.53. The highest BCUT2D eigenvalue weighted by Gasteiger charge is 2.28. The summed E-state index contributed by atoms with van der Waals surface area (Å²) in [6.07, 6.45) is 6.69. The topological polar surface area (TPSA) is 100 Å². The van der Waals surface area contributed by atoms with Gasteiger partial charge in [0.2, 0.25) is 0 Å². The average Bonchev–Trinajstić information content (AvgIpc) is 3.12. The van der Waals surface area contributed by atoms with Gasteiger partial charge in [0.25, 0.3) is 5.91 Å². The van der Waals surface area contributed by atoms with Gasteiger partial charge >= 0.3 is 6.09 Å². The zero-order valence-electron chi connectivity index (χ0n) is 14.1. The summed E-state index contributed by atoms with van der Waals surface area (Å²) in [5.74, 6) is -0.00283. The Labute approximate surface area is 143 Å². The predicted octanol–water partition coefficient (Wildman–Crippen LogP) is 1.87. The molecule has 2 aliphatic rings. The van der Waals surface area contributed by atoms with Crippen molar-refractivity contribution in [2.24, 2.45) is 5.92 Å². The van der Waals surface area contributed by atoms with Gasteiger partial charge < -0.3 is 20.1 Å². The number of hydrogen-bond acceptors (Lipinski definition) is 5. The molecule has 7 nitrogen and oxygen atoms in total. The van der Waals surface area contributed by atoms with Crippen LogP contribution in [0.3, 0.4) is 0 Å². The molecular weight excluding hydrogens is 310 g/mol. The standard InChI is InChI=1S/C17H27N3O4/c18-8-9-19-16(21)15(11-13-5-2-1-3-6-13)24-17(22)20-12-14-7-4-10-23-14/h13-15H,1-7,9-12H2,(H,19,21)(H,20,22)/t14?,15-/m0/s1. The fourth-order valence-electron chi connectivity index (χ4n) is 3.35. The van der Waals surface area contributed by atoms with Crippen LogP contribution in [0.1, 0.15) is 51.4 Å². The number of alkyl carbamates (subject to hydrolysis) is 1. The molecule has 2 fully saturated rings. The largest absolute Gasteiger partial charge is 0.436 e. The lowest BCUT2D eigenvalue weighted by atomic mass is 9.85. The third kappa shape index (κ3) is 6.36. The molecule has 134 valence electrons. The van der Waals surface area contributed by atoms with Gasteiger partial charge in [-0.3, -0.25) is 4.79 Å². The lowest BCUT2D eigenvalue weighted by Crippen LogP contribution is -2.42. The van der Waals surface area contributed by atoms with E-state index in [1.54, 1.807) is 0 Å². The van der Waals surface area contributed by atoms with E-state index in [1.807, 2.05) is 6.07 Å². The van der Waals surface area contributed by atoms with Gasteiger partial charge in [0.05, 0.1) is 12.2 Å². The highest BCUT2D eigenvalue weighted by atomic mass is 16.6. The van der Waals surface area contributed by atoms with Gasteiger partial charge in [-0.1, -0.05) is 32.1 Å². The summed E-state index contributed by atoms with van der Waals surface area (Å²) in [6.45, 7) is 1.04. The zero-order valence-corrected chi connectivity index (χ0v) is 14.1. The Morgan fingerprint density at radius 1 is 1.17 bits per heavy atom. The molecule has 2 rings (SSSR count). The molecule has 24 heavy (non-hydrogen) atoms. The number of nitrogens with one attached hydrogen (secondary N) is 2. The molecule has 1 unspecified atom stereocenters.